The summed E-state index contributed by atoms with van der Waals surface area (Å²) in [5.74, 6) is -0.150. The SMILES string of the molecule is CCCCCCCCCCCCC(CCCCCCF)OC(=O)Oc1ccc([N+](=O)[O-])c([N+](=O)[O-])c1C. The molecule has 0 aliphatic carbocycles. The molecule has 0 fully saturated rings. The van der Waals surface area contributed by atoms with Crippen LogP contribution in [0.25, 0.3) is 0 Å². The van der Waals surface area contributed by atoms with Crippen LogP contribution in [0.15, 0.2) is 12.1 Å². The van der Waals surface area contributed by atoms with Crippen molar-refractivity contribution in [2.45, 2.75) is 123 Å². The largest absolute Gasteiger partial charge is 0.514 e. The first-order valence-corrected chi connectivity index (χ1v) is 13.7. The van der Waals surface area contributed by atoms with Crippen LogP contribution in [0.2, 0.25) is 0 Å². The first kappa shape index (κ1) is 32.2. The number of hydrogen-bond donors (Lipinski definition) is 0. The Morgan fingerprint density at radius 2 is 1.35 bits per heavy atom. The standard InChI is InChI=1S/C27H43FN2O7/c1-3-4-5-6-7-8-9-10-11-14-17-23(18-15-12-13-16-21-28)36-27(31)37-25-20-19-24(29(32)33)26(22(25)2)30(34)35/h19-20,23H,3-18,21H2,1-2H3. The molecule has 210 valence electrons. The van der Waals surface area contributed by atoms with Crippen molar-refractivity contribution in [1.29, 1.82) is 0 Å². The molecule has 0 aliphatic heterocycles. The number of unbranched alkanes of at least 4 members (excludes halogenated alkanes) is 12. The summed E-state index contributed by atoms with van der Waals surface area (Å²) in [5.41, 5.74) is -1.51. The highest BCUT2D eigenvalue weighted by Gasteiger charge is 2.30. The molecule has 0 N–H and O–H groups in total. The lowest BCUT2D eigenvalue weighted by Crippen LogP contribution is -2.21. The topological polar surface area (TPSA) is 122 Å². The van der Waals surface area contributed by atoms with Gasteiger partial charge in [-0.25, -0.2) is 4.79 Å². The zero-order valence-corrected chi connectivity index (χ0v) is 22.4. The summed E-state index contributed by atoms with van der Waals surface area (Å²) >= 11 is 0. The first-order valence-electron chi connectivity index (χ1n) is 13.7. The summed E-state index contributed by atoms with van der Waals surface area (Å²) in [6, 6.07) is 2.11. The molecule has 37 heavy (non-hydrogen) atoms. The summed E-state index contributed by atoms with van der Waals surface area (Å²) < 4.78 is 23.1. The lowest BCUT2D eigenvalue weighted by molar-refractivity contribution is -0.422. The molecule has 0 spiro atoms. The minimum atomic E-state index is -0.993. The molecule has 0 radical (unpaired) electrons. The molecule has 1 unspecified atom stereocenters. The highest BCUT2D eigenvalue weighted by Crippen LogP contribution is 2.36. The molecule has 10 heteroatoms. The van der Waals surface area contributed by atoms with Gasteiger partial charge in [0.2, 0.25) is 0 Å². The van der Waals surface area contributed by atoms with Gasteiger partial charge in [0.1, 0.15) is 11.9 Å². The van der Waals surface area contributed by atoms with E-state index >= 15 is 0 Å². The number of nitrogens with zero attached hydrogens (tertiary/aromatic N) is 2. The number of nitro benzene ring substituents is 2. The minimum Gasteiger partial charge on any atom is -0.431 e. The van der Waals surface area contributed by atoms with Crippen LogP contribution in [-0.4, -0.2) is 28.8 Å². The zero-order chi connectivity index (χ0) is 27.5. The molecule has 0 aliphatic rings. The Bertz CT molecular complexity index is 835. The van der Waals surface area contributed by atoms with Crippen molar-refractivity contribution in [3.8, 4) is 5.75 Å². The minimum absolute atomic E-state index is 0.117. The highest BCUT2D eigenvalue weighted by molar-refractivity contribution is 5.69. The molecule has 0 bridgehead atoms. The van der Waals surface area contributed by atoms with Crippen molar-refractivity contribution in [2.24, 2.45) is 0 Å². The lowest BCUT2D eigenvalue weighted by Gasteiger charge is -2.18. The van der Waals surface area contributed by atoms with Crippen molar-refractivity contribution in [3.05, 3.63) is 37.9 Å². The summed E-state index contributed by atoms with van der Waals surface area (Å²) in [6.07, 6.45) is 14.8. The zero-order valence-electron chi connectivity index (χ0n) is 22.4. The maximum absolute atomic E-state index is 12.5. The summed E-state index contributed by atoms with van der Waals surface area (Å²) in [4.78, 5) is 33.2. The number of carbonyl (C=O) groups is 1. The van der Waals surface area contributed by atoms with Gasteiger partial charge in [-0.15, -0.1) is 0 Å². The molecule has 0 aromatic heterocycles. The van der Waals surface area contributed by atoms with Gasteiger partial charge >= 0.3 is 17.5 Å². The molecule has 0 saturated heterocycles. The predicted molar refractivity (Wildman–Crippen MR) is 141 cm³/mol. The average molecular weight is 527 g/mol. The number of halogens is 1. The van der Waals surface area contributed by atoms with E-state index in [2.05, 4.69) is 6.92 Å². The number of nitro groups is 2. The number of benzene rings is 1. The smallest absolute Gasteiger partial charge is 0.431 e. The number of ether oxygens (including phenoxy) is 2. The van der Waals surface area contributed by atoms with Gasteiger partial charge in [0, 0.05) is 6.07 Å². The number of alkyl halides is 1. The Kier molecular flexibility index (Phi) is 16.9. The summed E-state index contributed by atoms with van der Waals surface area (Å²) in [5, 5.41) is 22.4. The van der Waals surface area contributed by atoms with Crippen molar-refractivity contribution < 1.29 is 28.5 Å². The molecule has 0 amide bonds. The lowest BCUT2D eigenvalue weighted by atomic mass is 10.0. The molecule has 1 aromatic rings. The second-order valence-electron chi connectivity index (χ2n) is 9.53. The Hall–Kier alpha value is -2.78. The fourth-order valence-electron chi connectivity index (χ4n) is 4.35. The van der Waals surface area contributed by atoms with Gasteiger partial charge in [-0.05, 0) is 45.1 Å². The van der Waals surface area contributed by atoms with Crippen molar-refractivity contribution in [2.75, 3.05) is 6.67 Å². The third-order valence-corrected chi connectivity index (χ3v) is 6.48. The normalized spacial score (nSPS) is 11.8. The second-order valence-corrected chi connectivity index (χ2v) is 9.53. The molecular formula is C27H43FN2O7. The predicted octanol–water partition coefficient (Wildman–Crippen LogP) is 8.93. The molecular weight excluding hydrogens is 483 g/mol. The Labute approximate surface area is 219 Å². The van der Waals surface area contributed by atoms with Crippen LogP contribution >= 0.6 is 0 Å². The van der Waals surface area contributed by atoms with Gasteiger partial charge in [-0.1, -0.05) is 77.6 Å². The number of carbonyl (C=O) groups excluding carboxylic acids is 1. The molecule has 9 nitrogen and oxygen atoms in total. The van der Waals surface area contributed by atoms with Gasteiger partial charge in [0.25, 0.3) is 0 Å². The van der Waals surface area contributed by atoms with E-state index in [4.69, 9.17) is 9.47 Å². The number of rotatable bonds is 21. The summed E-state index contributed by atoms with van der Waals surface area (Å²) in [7, 11) is 0. The molecule has 1 aromatic carbocycles. The Morgan fingerprint density at radius 3 is 1.84 bits per heavy atom. The first-order chi connectivity index (χ1) is 17.8. The second kappa shape index (κ2) is 19.3. The molecule has 0 heterocycles. The van der Waals surface area contributed by atoms with Crippen molar-refractivity contribution in [1.82, 2.24) is 0 Å². The van der Waals surface area contributed by atoms with Crippen molar-refractivity contribution >= 4 is 17.5 Å². The van der Waals surface area contributed by atoms with E-state index in [1.807, 2.05) is 0 Å². The van der Waals surface area contributed by atoms with E-state index in [0.29, 0.717) is 19.3 Å². The van der Waals surface area contributed by atoms with Crippen LogP contribution in [-0.2, 0) is 4.74 Å². The van der Waals surface area contributed by atoms with Crippen LogP contribution in [0.3, 0.4) is 0 Å². The van der Waals surface area contributed by atoms with E-state index in [9.17, 15) is 29.4 Å². The Balaban J connectivity index is 2.61. The summed E-state index contributed by atoms with van der Waals surface area (Å²) in [6.45, 7) is 3.16. The third-order valence-electron chi connectivity index (χ3n) is 6.48. The third kappa shape index (κ3) is 13.4. The van der Waals surface area contributed by atoms with Gasteiger partial charge < -0.3 is 9.47 Å². The molecule has 1 atom stereocenters. The maximum atomic E-state index is 12.5. The van der Waals surface area contributed by atoms with Crippen LogP contribution in [0.1, 0.15) is 115 Å². The van der Waals surface area contributed by atoms with Gasteiger partial charge in [-0.3, -0.25) is 24.6 Å². The monoisotopic (exact) mass is 526 g/mol. The van der Waals surface area contributed by atoms with Crippen LogP contribution < -0.4 is 4.74 Å². The van der Waals surface area contributed by atoms with Gasteiger partial charge in [-0.2, -0.15) is 0 Å². The van der Waals surface area contributed by atoms with Gasteiger partial charge in [0.15, 0.2) is 0 Å². The fraction of sp³-hybridized carbons (Fsp3) is 0.741. The van der Waals surface area contributed by atoms with Crippen LogP contribution in [0.4, 0.5) is 20.6 Å². The van der Waals surface area contributed by atoms with E-state index in [0.717, 1.165) is 50.7 Å². The van der Waals surface area contributed by atoms with Crippen LogP contribution in [0, 0.1) is 27.2 Å². The fourth-order valence-corrected chi connectivity index (χ4v) is 4.35. The van der Waals surface area contributed by atoms with E-state index in [1.165, 1.54) is 51.9 Å². The van der Waals surface area contributed by atoms with Crippen LogP contribution in [0.5, 0.6) is 5.75 Å². The molecule has 0 saturated carbocycles. The quantitative estimate of drug-likeness (QED) is 0.0515. The van der Waals surface area contributed by atoms with E-state index < -0.39 is 27.4 Å². The molecule has 1 rings (SSSR count). The highest BCUT2D eigenvalue weighted by atomic mass is 19.1. The maximum Gasteiger partial charge on any atom is 0.514 e. The number of hydrogen-bond acceptors (Lipinski definition) is 7. The van der Waals surface area contributed by atoms with E-state index in [1.54, 1.807) is 0 Å². The van der Waals surface area contributed by atoms with Gasteiger partial charge in [0.05, 0.1) is 22.1 Å². The Morgan fingerprint density at radius 1 is 0.838 bits per heavy atom. The average Bonchev–Trinajstić information content (AvgIpc) is 2.85. The van der Waals surface area contributed by atoms with E-state index in [-0.39, 0.29) is 24.1 Å². The van der Waals surface area contributed by atoms with Crippen molar-refractivity contribution in [3.63, 3.8) is 0 Å².